The van der Waals surface area contributed by atoms with Gasteiger partial charge in [0, 0.05) is 12.1 Å². The molecule has 1 aromatic carbocycles. The summed E-state index contributed by atoms with van der Waals surface area (Å²) in [5.41, 5.74) is 0.535. The van der Waals surface area contributed by atoms with Gasteiger partial charge in [0.05, 0.1) is 5.69 Å². The van der Waals surface area contributed by atoms with Crippen LogP contribution in [-0.2, 0) is 0 Å². The second-order valence-electron chi connectivity index (χ2n) is 4.69. The summed E-state index contributed by atoms with van der Waals surface area (Å²) in [4.78, 5) is 24.7. The lowest BCUT2D eigenvalue weighted by Crippen LogP contribution is -2.39. The molecule has 0 bridgehead atoms. The molecule has 0 heterocycles. The molecule has 0 atom stereocenters. The van der Waals surface area contributed by atoms with Gasteiger partial charge in [-0.2, -0.15) is 0 Å². The van der Waals surface area contributed by atoms with Crippen molar-refractivity contribution < 1.29 is 0 Å². The molecule has 0 unspecified atom stereocenters. The van der Waals surface area contributed by atoms with E-state index >= 15 is 0 Å². The highest BCUT2D eigenvalue weighted by atomic mass is 16.2. The zero-order chi connectivity index (χ0) is 12.3. The van der Waals surface area contributed by atoms with E-state index < -0.39 is 0 Å². The zero-order valence-corrected chi connectivity index (χ0v) is 10.5. The fraction of sp³-hybridized carbons (Fsp3) is 0.667. The van der Waals surface area contributed by atoms with Gasteiger partial charge in [0.15, 0.2) is 0 Å². The minimum Gasteiger partial charge on any atom is -0.381 e. The third-order valence-corrected chi connectivity index (χ3v) is 2.61. The Morgan fingerprint density at radius 1 is 1.19 bits per heavy atom. The van der Waals surface area contributed by atoms with Gasteiger partial charge in [-0.25, -0.2) is 0 Å². The van der Waals surface area contributed by atoms with Gasteiger partial charge in [-0.15, -0.1) is 0 Å². The van der Waals surface area contributed by atoms with Gasteiger partial charge < -0.3 is 10.2 Å². The Balaban J connectivity index is 2.52. The van der Waals surface area contributed by atoms with E-state index in [2.05, 4.69) is 10.2 Å². The number of nitrogens with zero attached hydrogens (tertiary/aromatic N) is 1. The summed E-state index contributed by atoms with van der Waals surface area (Å²) in [6.07, 6.45) is 0.962. The van der Waals surface area contributed by atoms with E-state index in [0.29, 0.717) is 11.3 Å². The predicted molar refractivity (Wildman–Crippen MR) is 67.1 cm³/mol. The van der Waals surface area contributed by atoms with Gasteiger partial charge in [-0.1, -0.05) is 13.8 Å². The number of anilines is 1. The SMILES string of the molecule is CC(C)c1c(NCCCN(C)C)c(=O)c1=O. The van der Waals surface area contributed by atoms with Crippen LogP contribution in [0.1, 0.15) is 31.7 Å². The third kappa shape index (κ3) is 2.70. The molecular formula is C12H20N2O2. The molecule has 0 saturated heterocycles. The lowest BCUT2D eigenvalue weighted by atomic mass is 9.96. The highest BCUT2D eigenvalue weighted by molar-refractivity contribution is 5.57. The average Bonchev–Trinajstić information content (AvgIpc) is 2.20. The third-order valence-electron chi connectivity index (χ3n) is 2.61. The maximum atomic E-state index is 11.3. The molecule has 0 saturated carbocycles. The Bertz CT molecular complexity index is 415. The molecule has 1 N–H and O–H groups in total. The van der Waals surface area contributed by atoms with Gasteiger partial charge in [0.2, 0.25) is 10.9 Å². The standard InChI is InChI=1S/C12H20N2O2/c1-8(2)9-10(12(16)11(9)15)13-6-5-7-14(3)4/h8,13H,5-7H2,1-4H3. The molecule has 0 aliphatic carbocycles. The number of hydrogen-bond donors (Lipinski definition) is 1. The van der Waals surface area contributed by atoms with Crippen molar-refractivity contribution in [1.29, 1.82) is 0 Å². The highest BCUT2D eigenvalue weighted by Gasteiger charge is 2.22. The summed E-state index contributed by atoms with van der Waals surface area (Å²) in [6.45, 7) is 5.57. The Morgan fingerprint density at radius 3 is 2.31 bits per heavy atom. The first-order valence-corrected chi connectivity index (χ1v) is 5.67. The van der Waals surface area contributed by atoms with Crippen LogP contribution in [0.4, 0.5) is 5.69 Å². The number of hydrogen-bond acceptors (Lipinski definition) is 4. The molecule has 1 rings (SSSR count). The Hall–Kier alpha value is -1.16. The molecule has 0 aromatic heterocycles. The fourth-order valence-corrected chi connectivity index (χ4v) is 1.74. The van der Waals surface area contributed by atoms with Crippen LogP contribution >= 0.6 is 0 Å². The van der Waals surface area contributed by atoms with Crippen molar-refractivity contribution in [1.82, 2.24) is 4.90 Å². The minimum atomic E-state index is -0.353. The molecule has 4 nitrogen and oxygen atoms in total. The molecule has 0 amide bonds. The van der Waals surface area contributed by atoms with E-state index in [0.717, 1.165) is 19.5 Å². The second kappa shape index (κ2) is 5.25. The monoisotopic (exact) mass is 224 g/mol. The second-order valence-corrected chi connectivity index (χ2v) is 4.69. The van der Waals surface area contributed by atoms with E-state index in [-0.39, 0.29) is 16.8 Å². The Kier molecular flexibility index (Phi) is 4.24. The summed E-state index contributed by atoms with van der Waals surface area (Å²) in [7, 11) is 4.02. The van der Waals surface area contributed by atoms with Crippen LogP contribution in [0.5, 0.6) is 0 Å². The van der Waals surface area contributed by atoms with Crippen LogP contribution in [0.15, 0.2) is 9.59 Å². The lowest BCUT2D eigenvalue weighted by Gasteiger charge is -2.16. The van der Waals surface area contributed by atoms with Gasteiger partial charge in [0.25, 0.3) is 0 Å². The fourth-order valence-electron chi connectivity index (χ4n) is 1.74. The normalized spacial score (nSPS) is 11.6. The highest BCUT2D eigenvalue weighted by Crippen LogP contribution is 2.18. The summed E-state index contributed by atoms with van der Waals surface area (Å²) < 4.78 is 0. The largest absolute Gasteiger partial charge is 0.381 e. The molecule has 90 valence electrons. The van der Waals surface area contributed by atoms with Gasteiger partial charge in [0.1, 0.15) is 0 Å². The molecule has 0 fully saturated rings. The van der Waals surface area contributed by atoms with Crippen molar-refractivity contribution in [3.8, 4) is 0 Å². The Morgan fingerprint density at radius 2 is 1.81 bits per heavy atom. The van der Waals surface area contributed by atoms with E-state index in [1.807, 2.05) is 27.9 Å². The number of rotatable bonds is 6. The smallest absolute Gasteiger partial charge is 0.249 e. The predicted octanol–water partition coefficient (Wildman–Crippen LogP) is 0.770. The molecule has 0 aliphatic rings. The molecule has 16 heavy (non-hydrogen) atoms. The number of nitrogens with one attached hydrogen (secondary N) is 1. The molecule has 0 aliphatic heterocycles. The van der Waals surface area contributed by atoms with Crippen molar-refractivity contribution in [2.24, 2.45) is 0 Å². The van der Waals surface area contributed by atoms with E-state index in [4.69, 9.17) is 0 Å². The van der Waals surface area contributed by atoms with Crippen LogP contribution in [0, 0.1) is 0 Å². The average molecular weight is 224 g/mol. The zero-order valence-electron chi connectivity index (χ0n) is 10.5. The minimum absolute atomic E-state index is 0.126. The summed E-state index contributed by atoms with van der Waals surface area (Å²) in [5, 5.41) is 3.07. The first-order valence-electron chi connectivity index (χ1n) is 5.67. The molecule has 0 spiro atoms. The molecule has 1 aromatic rings. The van der Waals surface area contributed by atoms with Gasteiger partial charge >= 0.3 is 0 Å². The topological polar surface area (TPSA) is 49.4 Å². The van der Waals surface area contributed by atoms with Gasteiger partial charge in [-0.3, -0.25) is 9.59 Å². The summed E-state index contributed by atoms with van der Waals surface area (Å²) in [6, 6.07) is 0. The van der Waals surface area contributed by atoms with Crippen LogP contribution in [-0.4, -0.2) is 32.1 Å². The lowest BCUT2D eigenvalue weighted by molar-refractivity contribution is 0.405. The van der Waals surface area contributed by atoms with Crippen molar-refractivity contribution in [2.45, 2.75) is 26.2 Å². The van der Waals surface area contributed by atoms with E-state index in [9.17, 15) is 9.59 Å². The quantitative estimate of drug-likeness (QED) is 0.573. The van der Waals surface area contributed by atoms with Crippen LogP contribution < -0.4 is 16.2 Å². The van der Waals surface area contributed by atoms with Crippen LogP contribution in [0.2, 0.25) is 0 Å². The molecule has 0 radical (unpaired) electrons. The summed E-state index contributed by atoms with van der Waals surface area (Å²) >= 11 is 0. The molecule has 4 heteroatoms. The maximum absolute atomic E-state index is 11.3. The van der Waals surface area contributed by atoms with Crippen LogP contribution in [0.25, 0.3) is 0 Å². The van der Waals surface area contributed by atoms with Crippen LogP contribution in [0.3, 0.4) is 0 Å². The van der Waals surface area contributed by atoms with Gasteiger partial charge in [-0.05, 0) is 33.0 Å². The first-order chi connectivity index (χ1) is 7.45. The Labute approximate surface area is 96.0 Å². The first kappa shape index (κ1) is 12.9. The van der Waals surface area contributed by atoms with E-state index in [1.165, 1.54) is 0 Å². The van der Waals surface area contributed by atoms with Crippen molar-refractivity contribution in [3.63, 3.8) is 0 Å². The van der Waals surface area contributed by atoms with Crippen molar-refractivity contribution in [2.75, 3.05) is 32.5 Å². The van der Waals surface area contributed by atoms with Crippen molar-refractivity contribution in [3.05, 3.63) is 26.0 Å². The van der Waals surface area contributed by atoms with Crippen molar-refractivity contribution >= 4 is 5.69 Å². The van der Waals surface area contributed by atoms with E-state index in [1.54, 1.807) is 0 Å². The molecular weight excluding hydrogens is 204 g/mol. The summed E-state index contributed by atoms with van der Waals surface area (Å²) in [5.74, 6) is 0.126. The maximum Gasteiger partial charge on any atom is 0.249 e.